The third-order valence-corrected chi connectivity index (χ3v) is 7.53. The SMILES string of the molecule is CCOc1ccc(C=c2sc3n(c2=O)C(c2ccc(SC)cc2)C(C(=O)OC(C)C)=C(C)N=3)cc1OC. The number of carbonyl (C=O) groups excluding carboxylic acids is 1. The summed E-state index contributed by atoms with van der Waals surface area (Å²) in [7, 11) is 1.58. The molecule has 0 aliphatic carbocycles. The van der Waals surface area contributed by atoms with Gasteiger partial charge in [-0.2, -0.15) is 0 Å². The molecule has 0 bridgehead atoms. The molecule has 1 unspecified atom stereocenters. The van der Waals surface area contributed by atoms with Crippen molar-refractivity contribution in [2.24, 2.45) is 4.99 Å². The number of rotatable bonds is 8. The van der Waals surface area contributed by atoms with Crippen LogP contribution in [0.2, 0.25) is 0 Å². The normalized spacial score (nSPS) is 15.4. The van der Waals surface area contributed by atoms with Gasteiger partial charge in [0.25, 0.3) is 5.56 Å². The van der Waals surface area contributed by atoms with Gasteiger partial charge in [-0.05, 0) is 75.4 Å². The van der Waals surface area contributed by atoms with Crippen molar-refractivity contribution in [3.8, 4) is 11.5 Å². The van der Waals surface area contributed by atoms with Gasteiger partial charge >= 0.3 is 5.97 Å². The maximum atomic E-state index is 13.8. The molecule has 0 amide bonds. The minimum atomic E-state index is -0.643. The fourth-order valence-electron chi connectivity index (χ4n) is 4.16. The first-order valence-corrected chi connectivity index (χ1v) is 14.0. The van der Waals surface area contributed by atoms with Crippen LogP contribution in [-0.4, -0.2) is 36.6 Å². The van der Waals surface area contributed by atoms with Crippen LogP contribution in [0.4, 0.5) is 0 Å². The van der Waals surface area contributed by atoms with E-state index < -0.39 is 12.0 Å². The molecule has 4 rings (SSSR count). The highest BCUT2D eigenvalue weighted by molar-refractivity contribution is 7.98. The maximum absolute atomic E-state index is 13.8. The number of carbonyl (C=O) groups is 1. The van der Waals surface area contributed by atoms with E-state index in [1.807, 2.05) is 55.6 Å². The van der Waals surface area contributed by atoms with Crippen LogP contribution in [0.5, 0.6) is 11.5 Å². The second-order valence-electron chi connectivity index (χ2n) is 8.65. The summed E-state index contributed by atoms with van der Waals surface area (Å²) < 4.78 is 18.7. The maximum Gasteiger partial charge on any atom is 0.338 e. The zero-order valence-electron chi connectivity index (χ0n) is 21.7. The Hall–Kier alpha value is -3.30. The van der Waals surface area contributed by atoms with E-state index in [-0.39, 0.29) is 11.7 Å². The highest BCUT2D eigenvalue weighted by Crippen LogP contribution is 2.32. The van der Waals surface area contributed by atoms with Gasteiger partial charge in [0, 0.05) is 4.90 Å². The van der Waals surface area contributed by atoms with Crippen molar-refractivity contribution < 1.29 is 19.0 Å². The van der Waals surface area contributed by atoms with Crippen LogP contribution in [0, 0.1) is 0 Å². The molecule has 0 saturated carbocycles. The fraction of sp³-hybridized carbons (Fsp3) is 0.321. The highest BCUT2D eigenvalue weighted by atomic mass is 32.2. The lowest BCUT2D eigenvalue weighted by molar-refractivity contribution is -0.143. The van der Waals surface area contributed by atoms with Crippen LogP contribution in [-0.2, 0) is 9.53 Å². The molecule has 0 saturated heterocycles. The molecule has 9 heteroatoms. The summed E-state index contributed by atoms with van der Waals surface area (Å²) in [5.74, 6) is 0.756. The Labute approximate surface area is 224 Å². The van der Waals surface area contributed by atoms with E-state index in [0.717, 1.165) is 16.0 Å². The number of benzene rings is 2. The molecule has 194 valence electrons. The smallest absolute Gasteiger partial charge is 0.338 e. The van der Waals surface area contributed by atoms with Gasteiger partial charge in [-0.1, -0.05) is 29.5 Å². The second kappa shape index (κ2) is 11.4. The Kier molecular flexibility index (Phi) is 8.24. The Morgan fingerprint density at radius 1 is 1.19 bits per heavy atom. The Morgan fingerprint density at radius 2 is 1.92 bits per heavy atom. The zero-order chi connectivity index (χ0) is 26.7. The molecule has 1 aromatic heterocycles. The Morgan fingerprint density at radius 3 is 2.54 bits per heavy atom. The van der Waals surface area contributed by atoms with E-state index in [1.54, 1.807) is 50.3 Å². The molecule has 1 aliphatic heterocycles. The monoisotopic (exact) mass is 538 g/mol. The van der Waals surface area contributed by atoms with Crippen molar-refractivity contribution in [2.45, 2.75) is 44.7 Å². The number of esters is 1. The number of fused-ring (bicyclic) bond motifs is 1. The van der Waals surface area contributed by atoms with Crippen LogP contribution in [0.1, 0.15) is 44.9 Å². The molecular weight excluding hydrogens is 508 g/mol. The molecule has 1 atom stereocenters. The van der Waals surface area contributed by atoms with Crippen molar-refractivity contribution in [1.29, 1.82) is 0 Å². The lowest BCUT2D eigenvalue weighted by atomic mass is 9.96. The number of allylic oxidation sites excluding steroid dienone is 1. The Bertz CT molecular complexity index is 1520. The number of ether oxygens (including phenoxy) is 3. The fourth-order valence-corrected chi connectivity index (χ4v) is 5.62. The van der Waals surface area contributed by atoms with Gasteiger partial charge in [0.05, 0.1) is 41.7 Å². The molecular formula is C28H30N2O5S2. The molecule has 7 nitrogen and oxygen atoms in total. The standard InChI is InChI=1S/C28H30N2O5S2/c1-7-34-21-13-8-18(14-22(21)33-5)15-23-26(31)30-25(19-9-11-20(36-6)12-10-19)24(27(32)35-16(2)3)17(4)29-28(30)37-23/h8-16,25H,7H2,1-6H3. The first-order valence-electron chi connectivity index (χ1n) is 12.0. The molecule has 37 heavy (non-hydrogen) atoms. The van der Waals surface area contributed by atoms with E-state index in [2.05, 4.69) is 4.99 Å². The van der Waals surface area contributed by atoms with E-state index in [9.17, 15) is 9.59 Å². The van der Waals surface area contributed by atoms with E-state index in [4.69, 9.17) is 14.2 Å². The zero-order valence-corrected chi connectivity index (χ0v) is 23.4. The van der Waals surface area contributed by atoms with Crippen molar-refractivity contribution >= 4 is 35.1 Å². The predicted octanol–water partition coefficient (Wildman–Crippen LogP) is 4.32. The summed E-state index contributed by atoms with van der Waals surface area (Å²) in [6, 6.07) is 12.8. The minimum absolute atomic E-state index is 0.224. The number of aromatic nitrogens is 1. The van der Waals surface area contributed by atoms with Gasteiger partial charge in [-0.3, -0.25) is 9.36 Å². The van der Waals surface area contributed by atoms with E-state index in [1.165, 1.54) is 11.3 Å². The summed E-state index contributed by atoms with van der Waals surface area (Å²) in [5.41, 5.74) is 2.30. The van der Waals surface area contributed by atoms with Crippen molar-refractivity contribution in [3.63, 3.8) is 0 Å². The van der Waals surface area contributed by atoms with Crippen LogP contribution in [0.15, 0.2) is 68.4 Å². The summed E-state index contributed by atoms with van der Waals surface area (Å²) >= 11 is 2.92. The third-order valence-electron chi connectivity index (χ3n) is 5.80. The van der Waals surface area contributed by atoms with Crippen molar-refractivity contribution in [3.05, 3.63) is 84.5 Å². The molecule has 3 aromatic rings. The number of thiazole rings is 1. The number of hydrogen-bond donors (Lipinski definition) is 0. The van der Waals surface area contributed by atoms with Crippen LogP contribution in [0.25, 0.3) is 6.08 Å². The largest absolute Gasteiger partial charge is 0.493 e. The lowest BCUT2D eigenvalue weighted by Crippen LogP contribution is -2.40. The van der Waals surface area contributed by atoms with Gasteiger partial charge < -0.3 is 14.2 Å². The molecule has 0 spiro atoms. The Balaban J connectivity index is 1.89. The molecule has 2 aromatic carbocycles. The van der Waals surface area contributed by atoms with Gasteiger partial charge in [0.2, 0.25) is 0 Å². The quantitative estimate of drug-likeness (QED) is 0.314. The van der Waals surface area contributed by atoms with Crippen molar-refractivity contribution in [1.82, 2.24) is 4.57 Å². The molecule has 0 fully saturated rings. The van der Waals surface area contributed by atoms with Gasteiger partial charge in [0.1, 0.15) is 0 Å². The highest BCUT2D eigenvalue weighted by Gasteiger charge is 2.33. The summed E-state index contributed by atoms with van der Waals surface area (Å²) in [4.78, 5) is 33.3. The first-order chi connectivity index (χ1) is 17.8. The topological polar surface area (TPSA) is 79.1 Å². The summed E-state index contributed by atoms with van der Waals surface area (Å²) in [6.07, 6.45) is 3.51. The van der Waals surface area contributed by atoms with Gasteiger partial charge in [-0.15, -0.1) is 11.8 Å². The summed E-state index contributed by atoms with van der Waals surface area (Å²) in [6.45, 7) is 7.82. The average Bonchev–Trinajstić information content (AvgIpc) is 3.17. The number of methoxy groups -OCH3 is 1. The number of thioether (sulfide) groups is 1. The van der Waals surface area contributed by atoms with Gasteiger partial charge in [0.15, 0.2) is 16.3 Å². The second-order valence-corrected chi connectivity index (χ2v) is 10.5. The van der Waals surface area contributed by atoms with Crippen LogP contribution >= 0.6 is 23.1 Å². The van der Waals surface area contributed by atoms with Gasteiger partial charge in [-0.25, -0.2) is 9.79 Å². The van der Waals surface area contributed by atoms with Crippen LogP contribution in [0.3, 0.4) is 0 Å². The first kappa shape index (κ1) is 26.8. The molecule has 0 radical (unpaired) electrons. The molecule has 0 N–H and O–H groups in total. The average molecular weight is 539 g/mol. The summed E-state index contributed by atoms with van der Waals surface area (Å²) in [5, 5.41) is 0. The number of nitrogens with zero attached hydrogens (tertiary/aromatic N) is 2. The van der Waals surface area contributed by atoms with E-state index >= 15 is 0 Å². The molecule has 1 aliphatic rings. The van der Waals surface area contributed by atoms with Crippen molar-refractivity contribution in [2.75, 3.05) is 20.0 Å². The number of hydrogen-bond acceptors (Lipinski definition) is 8. The lowest BCUT2D eigenvalue weighted by Gasteiger charge is -2.25. The third kappa shape index (κ3) is 5.52. The predicted molar refractivity (Wildman–Crippen MR) is 147 cm³/mol. The molecule has 2 heterocycles. The minimum Gasteiger partial charge on any atom is -0.493 e. The van der Waals surface area contributed by atoms with Crippen LogP contribution < -0.4 is 24.4 Å². The van der Waals surface area contributed by atoms with E-state index in [0.29, 0.717) is 38.7 Å².